The molecule has 0 spiro atoms. The maximum atomic E-state index is 5.73. The normalized spacial score (nSPS) is 19.4. The van der Waals surface area contributed by atoms with Crippen LogP contribution in [0.15, 0.2) is 22.7 Å². The summed E-state index contributed by atoms with van der Waals surface area (Å²) < 4.78 is 12.5. The molecule has 0 unspecified atom stereocenters. The second-order valence-electron chi connectivity index (χ2n) is 4.87. The van der Waals surface area contributed by atoms with E-state index in [1.54, 1.807) is 0 Å². The molecule has 0 bridgehead atoms. The number of rotatable bonds is 6. The van der Waals surface area contributed by atoms with E-state index in [1.807, 2.05) is 6.07 Å². The summed E-state index contributed by atoms with van der Waals surface area (Å²) in [5.41, 5.74) is 1.28. The summed E-state index contributed by atoms with van der Waals surface area (Å²) in [6.07, 6.45) is 3.48. The summed E-state index contributed by atoms with van der Waals surface area (Å²) in [5, 5.41) is 3.35. The Morgan fingerprint density at radius 1 is 1.47 bits per heavy atom. The van der Waals surface area contributed by atoms with Gasteiger partial charge >= 0.3 is 0 Å². The summed E-state index contributed by atoms with van der Waals surface area (Å²) in [4.78, 5) is 0. The molecule has 1 aliphatic rings. The fourth-order valence-corrected chi connectivity index (χ4v) is 2.67. The number of hydrogen-bond donors (Lipinski definition) is 1. The minimum atomic E-state index is 0.285. The van der Waals surface area contributed by atoms with Crippen LogP contribution in [0.1, 0.15) is 25.3 Å². The molecule has 1 N–H and O–H groups in total. The molecule has 0 saturated carbocycles. The van der Waals surface area contributed by atoms with Gasteiger partial charge in [0.05, 0.1) is 23.8 Å². The van der Waals surface area contributed by atoms with Crippen molar-refractivity contribution in [3.05, 3.63) is 28.2 Å². The molecule has 106 valence electrons. The molecule has 0 aliphatic carbocycles. The van der Waals surface area contributed by atoms with Gasteiger partial charge in [-0.3, -0.25) is 0 Å². The molecular formula is C15H22BrNO2. The number of halogens is 1. The first-order valence-electron chi connectivity index (χ1n) is 7.03. The van der Waals surface area contributed by atoms with E-state index in [1.165, 1.54) is 5.56 Å². The smallest absolute Gasteiger partial charge is 0.133 e. The highest BCUT2D eigenvalue weighted by Crippen LogP contribution is 2.27. The fourth-order valence-electron chi connectivity index (χ4n) is 2.13. The zero-order valence-electron chi connectivity index (χ0n) is 11.5. The zero-order valence-corrected chi connectivity index (χ0v) is 13.0. The van der Waals surface area contributed by atoms with E-state index in [2.05, 4.69) is 40.3 Å². The van der Waals surface area contributed by atoms with Gasteiger partial charge in [-0.2, -0.15) is 0 Å². The summed E-state index contributed by atoms with van der Waals surface area (Å²) in [6.45, 7) is 5.66. The predicted molar refractivity (Wildman–Crippen MR) is 80.9 cm³/mol. The van der Waals surface area contributed by atoms with Crippen LogP contribution in [-0.4, -0.2) is 32.4 Å². The van der Waals surface area contributed by atoms with Gasteiger partial charge in [0, 0.05) is 13.1 Å². The second-order valence-corrected chi connectivity index (χ2v) is 5.72. The lowest BCUT2D eigenvalue weighted by molar-refractivity contribution is 0.0292. The third-order valence-corrected chi connectivity index (χ3v) is 3.84. The highest BCUT2D eigenvalue weighted by Gasteiger charge is 2.14. The van der Waals surface area contributed by atoms with Gasteiger partial charge in [0.15, 0.2) is 0 Å². The standard InChI is InChI=1S/C15H22BrNO2/c1-2-3-7-19-15-5-4-12(10-14(15)16)9-13-11-17-6-8-18-13/h4-5,10,13,17H,2-3,6-9,11H2,1H3/t13-/m1/s1. The number of benzene rings is 1. The molecule has 1 aliphatic heterocycles. The van der Waals surface area contributed by atoms with Gasteiger partial charge in [0.2, 0.25) is 0 Å². The Morgan fingerprint density at radius 3 is 3.05 bits per heavy atom. The van der Waals surface area contributed by atoms with Gasteiger partial charge in [-0.1, -0.05) is 19.4 Å². The Balaban J connectivity index is 1.90. The Morgan fingerprint density at radius 2 is 2.37 bits per heavy atom. The average Bonchev–Trinajstić information content (AvgIpc) is 2.43. The predicted octanol–water partition coefficient (Wildman–Crippen LogP) is 3.16. The first-order chi connectivity index (χ1) is 9.29. The molecule has 1 aromatic carbocycles. The van der Waals surface area contributed by atoms with E-state index in [0.29, 0.717) is 0 Å². The van der Waals surface area contributed by atoms with Crippen molar-refractivity contribution in [1.29, 1.82) is 0 Å². The minimum absolute atomic E-state index is 0.285. The number of ether oxygens (including phenoxy) is 2. The van der Waals surface area contributed by atoms with Gasteiger partial charge in [-0.25, -0.2) is 0 Å². The topological polar surface area (TPSA) is 30.5 Å². The summed E-state index contributed by atoms with van der Waals surface area (Å²) >= 11 is 3.58. The van der Waals surface area contributed by atoms with Gasteiger partial charge in [-0.05, 0) is 46.5 Å². The van der Waals surface area contributed by atoms with Crippen molar-refractivity contribution in [3.63, 3.8) is 0 Å². The van der Waals surface area contributed by atoms with E-state index in [-0.39, 0.29) is 6.10 Å². The Kier molecular flexibility index (Phi) is 6.14. The van der Waals surface area contributed by atoms with Crippen LogP contribution in [0.25, 0.3) is 0 Å². The number of nitrogens with one attached hydrogen (secondary N) is 1. The monoisotopic (exact) mass is 327 g/mol. The molecule has 1 saturated heterocycles. The third-order valence-electron chi connectivity index (χ3n) is 3.22. The highest BCUT2D eigenvalue weighted by molar-refractivity contribution is 9.10. The Labute approximate surface area is 123 Å². The van der Waals surface area contributed by atoms with Crippen molar-refractivity contribution in [2.45, 2.75) is 32.3 Å². The first kappa shape index (κ1) is 14.8. The van der Waals surface area contributed by atoms with Crippen LogP contribution in [0.4, 0.5) is 0 Å². The van der Waals surface area contributed by atoms with E-state index in [9.17, 15) is 0 Å². The Bertz CT molecular complexity index is 392. The largest absolute Gasteiger partial charge is 0.492 e. The lowest BCUT2D eigenvalue weighted by Gasteiger charge is -2.23. The third kappa shape index (κ3) is 4.79. The summed E-state index contributed by atoms with van der Waals surface area (Å²) in [7, 11) is 0. The molecule has 1 fully saturated rings. The maximum absolute atomic E-state index is 5.73. The van der Waals surface area contributed by atoms with Crippen LogP contribution < -0.4 is 10.1 Å². The lowest BCUT2D eigenvalue weighted by atomic mass is 10.1. The van der Waals surface area contributed by atoms with Gasteiger partial charge in [0.25, 0.3) is 0 Å². The van der Waals surface area contributed by atoms with Crippen LogP contribution in [0.5, 0.6) is 5.75 Å². The molecule has 1 heterocycles. The molecular weight excluding hydrogens is 306 g/mol. The number of hydrogen-bond acceptors (Lipinski definition) is 3. The Hall–Kier alpha value is -0.580. The second kappa shape index (κ2) is 7.88. The van der Waals surface area contributed by atoms with Crippen LogP contribution in [0.2, 0.25) is 0 Å². The quantitative estimate of drug-likeness (QED) is 0.814. The highest BCUT2D eigenvalue weighted by atomic mass is 79.9. The van der Waals surface area contributed by atoms with Gasteiger partial charge < -0.3 is 14.8 Å². The molecule has 1 atom stereocenters. The van der Waals surface area contributed by atoms with E-state index in [4.69, 9.17) is 9.47 Å². The van der Waals surface area contributed by atoms with Gasteiger partial charge in [0.1, 0.15) is 5.75 Å². The fraction of sp³-hybridized carbons (Fsp3) is 0.600. The summed E-state index contributed by atoms with van der Waals surface area (Å²) in [5.74, 6) is 0.930. The van der Waals surface area contributed by atoms with Crippen LogP contribution >= 0.6 is 15.9 Å². The van der Waals surface area contributed by atoms with E-state index < -0.39 is 0 Å². The molecule has 4 heteroatoms. The van der Waals surface area contributed by atoms with Crippen LogP contribution in [-0.2, 0) is 11.2 Å². The van der Waals surface area contributed by atoms with Crippen molar-refractivity contribution in [3.8, 4) is 5.75 Å². The van der Waals surface area contributed by atoms with Crippen LogP contribution in [0.3, 0.4) is 0 Å². The van der Waals surface area contributed by atoms with Crippen LogP contribution in [0, 0.1) is 0 Å². The lowest BCUT2D eigenvalue weighted by Crippen LogP contribution is -2.39. The van der Waals surface area contributed by atoms with E-state index >= 15 is 0 Å². The summed E-state index contributed by atoms with van der Waals surface area (Å²) in [6, 6.07) is 6.31. The van der Waals surface area contributed by atoms with Crippen molar-refractivity contribution in [2.24, 2.45) is 0 Å². The molecule has 0 amide bonds. The molecule has 1 aromatic rings. The minimum Gasteiger partial charge on any atom is -0.492 e. The number of unbranched alkanes of at least 4 members (excludes halogenated alkanes) is 1. The van der Waals surface area contributed by atoms with E-state index in [0.717, 1.165) is 55.8 Å². The van der Waals surface area contributed by atoms with Crippen molar-refractivity contribution in [2.75, 3.05) is 26.3 Å². The SMILES string of the molecule is CCCCOc1ccc(C[C@@H]2CNCCO2)cc1Br. The molecule has 19 heavy (non-hydrogen) atoms. The first-order valence-corrected chi connectivity index (χ1v) is 7.82. The van der Waals surface area contributed by atoms with Crippen molar-refractivity contribution in [1.82, 2.24) is 5.32 Å². The molecule has 3 nitrogen and oxygen atoms in total. The van der Waals surface area contributed by atoms with Gasteiger partial charge in [-0.15, -0.1) is 0 Å². The maximum Gasteiger partial charge on any atom is 0.133 e. The molecule has 0 aromatic heterocycles. The van der Waals surface area contributed by atoms with Crippen molar-refractivity contribution >= 4 is 15.9 Å². The number of morpholine rings is 1. The zero-order chi connectivity index (χ0) is 13.5. The molecule has 0 radical (unpaired) electrons. The van der Waals surface area contributed by atoms with Crippen molar-refractivity contribution < 1.29 is 9.47 Å². The molecule has 2 rings (SSSR count). The average molecular weight is 328 g/mol.